The van der Waals surface area contributed by atoms with Gasteiger partial charge in [0.1, 0.15) is 6.10 Å². The largest absolute Gasteiger partial charge is 0.480 e. The highest BCUT2D eigenvalue weighted by Gasteiger charge is 2.30. The first kappa shape index (κ1) is 20.6. The fourth-order valence-electron chi connectivity index (χ4n) is 3.25. The van der Waals surface area contributed by atoms with Gasteiger partial charge in [-0.25, -0.2) is 9.78 Å². The molecular formula is C19H26N6O4. The van der Waals surface area contributed by atoms with Gasteiger partial charge in [-0.05, 0) is 33.1 Å². The van der Waals surface area contributed by atoms with Crippen molar-refractivity contribution in [1.82, 2.24) is 25.5 Å². The van der Waals surface area contributed by atoms with Gasteiger partial charge in [-0.3, -0.25) is 14.9 Å². The van der Waals surface area contributed by atoms with Crippen LogP contribution in [-0.4, -0.2) is 51.4 Å². The normalized spacial score (nSPS) is 18.5. The summed E-state index contributed by atoms with van der Waals surface area (Å²) in [4.78, 5) is 32.1. The minimum Gasteiger partial charge on any atom is -0.480 e. The van der Waals surface area contributed by atoms with Crippen LogP contribution in [0.25, 0.3) is 0 Å². The molecule has 1 fully saturated rings. The van der Waals surface area contributed by atoms with Crippen molar-refractivity contribution >= 4 is 17.8 Å². The zero-order valence-corrected chi connectivity index (χ0v) is 16.8. The van der Waals surface area contributed by atoms with E-state index in [1.165, 1.54) is 19.5 Å². The van der Waals surface area contributed by atoms with Gasteiger partial charge >= 0.3 is 6.09 Å². The number of carbonyl (C=O) groups excluding carboxylic acids is 2. The van der Waals surface area contributed by atoms with Gasteiger partial charge in [0.05, 0.1) is 31.6 Å². The van der Waals surface area contributed by atoms with Crippen molar-refractivity contribution in [1.29, 1.82) is 0 Å². The standard InChI is InChI=1S/C19H26N6O4/c1-11(2)22-19(27)29-14-5-4-12(6-14)15-8-16(25-24-15)23-17(26)7-13-9-21-18(28-3)10-20-13/h8-12,14H,4-7H2,1-3H3,(H,22,27)(H2,23,24,25,26)/t12-,14+/m0/s1. The monoisotopic (exact) mass is 402 g/mol. The molecule has 10 nitrogen and oxygen atoms in total. The lowest BCUT2D eigenvalue weighted by molar-refractivity contribution is -0.115. The molecule has 0 saturated heterocycles. The Kier molecular flexibility index (Phi) is 6.63. The molecule has 10 heteroatoms. The number of nitrogens with one attached hydrogen (secondary N) is 3. The number of methoxy groups -OCH3 is 1. The zero-order chi connectivity index (χ0) is 20.8. The third-order valence-electron chi connectivity index (χ3n) is 4.60. The molecule has 29 heavy (non-hydrogen) atoms. The van der Waals surface area contributed by atoms with E-state index in [0.717, 1.165) is 25.0 Å². The summed E-state index contributed by atoms with van der Waals surface area (Å²) < 4.78 is 10.4. The van der Waals surface area contributed by atoms with Crippen LogP contribution in [-0.2, 0) is 16.0 Å². The number of rotatable bonds is 7. The number of anilines is 1. The maximum absolute atomic E-state index is 12.2. The molecule has 156 valence electrons. The Morgan fingerprint density at radius 1 is 1.28 bits per heavy atom. The molecular weight excluding hydrogens is 376 g/mol. The highest BCUT2D eigenvalue weighted by Crippen LogP contribution is 2.35. The van der Waals surface area contributed by atoms with Gasteiger partial charge in [-0.15, -0.1) is 0 Å². The van der Waals surface area contributed by atoms with Crippen LogP contribution in [0.15, 0.2) is 18.5 Å². The van der Waals surface area contributed by atoms with Gasteiger partial charge in [0.15, 0.2) is 5.82 Å². The lowest BCUT2D eigenvalue weighted by Gasteiger charge is -2.14. The van der Waals surface area contributed by atoms with Crippen LogP contribution < -0.4 is 15.4 Å². The Labute approximate surface area is 168 Å². The quantitative estimate of drug-likeness (QED) is 0.647. The van der Waals surface area contributed by atoms with Gasteiger partial charge in [-0.1, -0.05) is 0 Å². The van der Waals surface area contributed by atoms with Crippen molar-refractivity contribution in [2.24, 2.45) is 0 Å². The summed E-state index contributed by atoms with van der Waals surface area (Å²) in [5.41, 5.74) is 1.45. The maximum atomic E-state index is 12.2. The van der Waals surface area contributed by atoms with E-state index in [9.17, 15) is 9.59 Å². The summed E-state index contributed by atoms with van der Waals surface area (Å²) in [5.74, 6) is 0.818. The fraction of sp³-hybridized carbons (Fsp3) is 0.526. The second kappa shape index (κ2) is 9.35. The maximum Gasteiger partial charge on any atom is 0.407 e. The molecule has 2 atom stereocenters. The highest BCUT2D eigenvalue weighted by atomic mass is 16.6. The molecule has 0 spiro atoms. The first-order valence-electron chi connectivity index (χ1n) is 9.60. The number of H-pyrrole nitrogens is 1. The second-order valence-corrected chi connectivity index (χ2v) is 7.32. The van der Waals surface area contributed by atoms with Crippen molar-refractivity contribution < 1.29 is 19.1 Å². The lowest BCUT2D eigenvalue weighted by atomic mass is 10.0. The van der Waals surface area contributed by atoms with Crippen molar-refractivity contribution in [2.75, 3.05) is 12.4 Å². The average molecular weight is 402 g/mol. The number of aromatic amines is 1. The minimum absolute atomic E-state index is 0.0439. The molecule has 1 aliphatic carbocycles. The Morgan fingerprint density at radius 2 is 2.10 bits per heavy atom. The van der Waals surface area contributed by atoms with E-state index in [4.69, 9.17) is 9.47 Å². The summed E-state index contributed by atoms with van der Waals surface area (Å²) in [6.45, 7) is 3.78. The molecule has 1 aliphatic rings. The predicted octanol–water partition coefficient (Wildman–Crippen LogP) is 2.16. The molecule has 0 unspecified atom stereocenters. The summed E-state index contributed by atoms with van der Waals surface area (Å²) in [5, 5.41) is 12.6. The number of alkyl carbamates (subject to hydrolysis) is 1. The van der Waals surface area contributed by atoms with Crippen molar-refractivity contribution in [2.45, 2.75) is 57.6 Å². The summed E-state index contributed by atoms with van der Waals surface area (Å²) in [7, 11) is 1.50. The number of aromatic nitrogens is 4. The molecule has 2 aromatic rings. The number of carbonyl (C=O) groups is 2. The molecule has 0 aliphatic heterocycles. The summed E-state index contributed by atoms with van der Waals surface area (Å²) in [6.07, 6.45) is 4.96. The van der Waals surface area contributed by atoms with Crippen molar-refractivity contribution in [3.63, 3.8) is 0 Å². The third-order valence-corrected chi connectivity index (χ3v) is 4.60. The SMILES string of the molecule is COc1cnc(CC(=O)Nc2cc([C@H]3CC[C@@H](OC(=O)NC(C)C)C3)[nH]n2)cn1. The van der Waals surface area contributed by atoms with Gasteiger partial charge in [0.2, 0.25) is 11.8 Å². The van der Waals surface area contributed by atoms with E-state index in [-0.39, 0.29) is 36.5 Å². The van der Waals surface area contributed by atoms with Crippen molar-refractivity contribution in [3.8, 4) is 5.88 Å². The van der Waals surface area contributed by atoms with Crippen LogP contribution in [0, 0.1) is 0 Å². The predicted molar refractivity (Wildman–Crippen MR) is 105 cm³/mol. The number of amides is 2. The minimum atomic E-state index is -0.384. The molecule has 1 saturated carbocycles. The second-order valence-electron chi connectivity index (χ2n) is 7.32. The van der Waals surface area contributed by atoms with Crippen LogP contribution in [0.2, 0.25) is 0 Å². The van der Waals surface area contributed by atoms with E-state index < -0.39 is 0 Å². The lowest BCUT2D eigenvalue weighted by Crippen LogP contribution is -2.33. The van der Waals surface area contributed by atoms with E-state index in [1.54, 1.807) is 0 Å². The Hall–Kier alpha value is -3.17. The van der Waals surface area contributed by atoms with E-state index in [1.807, 2.05) is 19.9 Å². The highest BCUT2D eigenvalue weighted by molar-refractivity contribution is 5.91. The first-order valence-corrected chi connectivity index (χ1v) is 9.60. The molecule has 3 rings (SSSR count). The van der Waals surface area contributed by atoms with Crippen molar-refractivity contribution in [3.05, 3.63) is 29.8 Å². The smallest absolute Gasteiger partial charge is 0.407 e. The average Bonchev–Trinajstić information content (AvgIpc) is 3.31. The summed E-state index contributed by atoms with van der Waals surface area (Å²) in [6, 6.07) is 1.86. The third kappa shape index (κ3) is 5.90. The molecule has 0 radical (unpaired) electrons. The molecule has 2 amide bonds. The van der Waals surface area contributed by atoms with Gasteiger partial charge in [0, 0.05) is 23.7 Å². The Balaban J connectivity index is 1.49. The van der Waals surface area contributed by atoms with Crippen LogP contribution >= 0.6 is 0 Å². The molecule has 3 N–H and O–H groups in total. The van der Waals surface area contributed by atoms with E-state index in [2.05, 4.69) is 30.8 Å². The first-order chi connectivity index (χ1) is 13.9. The topological polar surface area (TPSA) is 131 Å². The van der Waals surface area contributed by atoms with Crippen LogP contribution in [0.1, 0.15) is 50.4 Å². The number of hydrogen-bond donors (Lipinski definition) is 3. The van der Waals surface area contributed by atoms with E-state index >= 15 is 0 Å². The Bertz CT molecular complexity index is 835. The zero-order valence-electron chi connectivity index (χ0n) is 16.8. The number of nitrogens with zero attached hydrogens (tertiary/aromatic N) is 3. The van der Waals surface area contributed by atoms with Gasteiger partial charge < -0.3 is 20.1 Å². The van der Waals surface area contributed by atoms with Crippen LogP contribution in [0.3, 0.4) is 0 Å². The Morgan fingerprint density at radius 3 is 2.79 bits per heavy atom. The molecule has 2 aromatic heterocycles. The fourth-order valence-corrected chi connectivity index (χ4v) is 3.25. The van der Waals surface area contributed by atoms with Crippen LogP contribution in [0.5, 0.6) is 5.88 Å². The number of ether oxygens (including phenoxy) is 2. The molecule has 2 heterocycles. The van der Waals surface area contributed by atoms with Crippen LogP contribution in [0.4, 0.5) is 10.6 Å². The molecule has 0 aromatic carbocycles. The number of hydrogen-bond acceptors (Lipinski definition) is 7. The van der Waals surface area contributed by atoms with E-state index in [0.29, 0.717) is 17.4 Å². The molecule has 0 bridgehead atoms. The van der Waals surface area contributed by atoms with Gasteiger partial charge in [0.25, 0.3) is 0 Å². The summed E-state index contributed by atoms with van der Waals surface area (Å²) >= 11 is 0. The van der Waals surface area contributed by atoms with Gasteiger partial charge in [-0.2, -0.15) is 5.10 Å².